The molecule has 20 heavy (non-hydrogen) atoms. The number of halogens is 1. The minimum absolute atomic E-state index is 0.0982. The number of fused-ring (bicyclic) bond motifs is 2. The fourth-order valence-corrected chi connectivity index (χ4v) is 3.14. The molecule has 1 aliphatic carbocycles. The van der Waals surface area contributed by atoms with Crippen molar-refractivity contribution in [2.24, 2.45) is 0 Å². The van der Waals surface area contributed by atoms with Crippen molar-refractivity contribution in [2.45, 2.75) is 6.92 Å². The van der Waals surface area contributed by atoms with Gasteiger partial charge in [-0.05, 0) is 35.0 Å². The van der Waals surface area contributed by atoms with Crippen LogP contribution in [0, 0.1) is 0 Å². The second-order valence-electron chi connectivity index (χ2n) is 4.58. The fraction of sp³-hybridized carbons (Fsp3) is 0.125. The smallest absolute Gasteiger partial charge is 0.195 e. The van der Waals surface area contributed by atoms with Crippen LogP contribution in [0.25, 0.3) is 0 Å². The average molecular weight is 330 g/mol. The van der Waals surface area contributed by atoms with Gasteiger partial charge in [0.15, 0.2) is 11.6 Å². The molecular weight excluding hydrogens is 318 g/mol. The highest BCUT2D eigenvalue weighted by molar-refractivity contribution is 9.10. The van der Waals surface area contributed by atoms with E-state index in [0.717, 1.165) is 12.2 Å². The molecular formula is C16H12BrNO2. The number of benzene rings is 2. The van der Waals surface area contributed by atoms with Crippen molar-refractivity contribution in [3.8, 4) is 0 Å². The molecule has 2 aromatic carbocycles. The first-order valence-corrected chi connectivity index (χ1v) is 7.19. The zero-order valence-corrected chi connectivity index (χ0v) is 12.5. The Morgan fingerprint density at radius 3 is 2.25 bits per heavy atom. The maximum Gasteiger partial charge on any atom is 0.195 e. The van der Waals surface area contributed by atoms with E-state index in [-0.39, 0.29) is 11.6 Å². The zero-order valence-electron chi connectivity index (χ0n) is 10.9. The Hall–Kier alpha value is -1.94. The largest absolute Gasteiger partial charge is 0.384 e. The minimum atomic E-state index is -0.109. The van der Waals surface area contributed by atoms with Crippen LogP contribution in [0.5, 0.6) is 0 Å². The van der Waals surface area contributed by atoms with Crippen molar-refractivity contribution in [3.63, 3.8) is 0 Å². The quantitative estimate of drug-likeness (QED) is 0.780. The lowest BCUT2D eigenvalue weighted by molar-refractivity contribution is 0.0978. The Morgan fingerprint density at radius 1 is 0.950 bits per heavy atom. The summed E-state index contributed by atoms with van der Waals surface area (Å²) in [4.78, 5) is 25.1. The van der Waals surface area contributed by atoms with Crippen molar-refractivity contribution in [1.29, 1.82) is 0 Å². The van der Waals surface area contributed by atoms with Crippen LogP contribution >= 0.6 is 15.9 Å². The number of anilines is 1. The van der Waals surface area contributed by atoms with Gasteiger partial charge in [-0.3, -0.25) is 9.59 Å². The summed E-state index contributed by atoms with van der Waals surface area (Å²) in [5.41, 5.74) is 2.69. The third kappa shape index (κ3) is 1.79. The maximum absolute atomic E-state index is 12.6. The second kappa shape index (κ2) is 4.87. The number of hydrogen-bond donors (Lipinski definition) is 1. The molecule has 1 N–H and O–H groups in total. The summed E-state index contributed by atoms with van der Waals surface area (Å²) >= 11 is 3.45. The summed E-state index contributed by atoms with van der Waals surface area (Å²) < 4.78 is 0.657. The summed E-state index contributed by atoms with van der Waals surface area (Å²) in [6.45, 7) is 2.73. The van der Waals surface area contributed by atoms with Crippen LogP contribution < -0.4 is 5.32 Å². The lowest BCUT2D eigenvalue weighted by atomic mass is 9.84. The highest BCUT2D eigenvalue weighted by Crippen LogP contribution is 2.36. The minimum Gasteiger partial charge on any atom is -0.384 e. The van der Waals surface area contributed by atoms with E-state index in [1.54, 1.807) is 30.3 Å². The van der Waals surface area contributed by atoms with Crippen LogP contribution in [0.15, 0.2) is 40.9 Å². The number of carbonyl (C=O) groups is 2. The lowest BCUT2D eigenvalue weighted by Crippen LogP contribution is -2.21. The predicted molar refractivity (Wildman–Crippen MR) is 81.6 cm³/mol. The molecule has 2 aromatic rings. The van der Waals surface area contributed by atoms with E-state index in [1.807, 2.05) is 13.0 Å². The summed E-state index contributed by atoms with van der Waals surface area (Å²) in [7, 11) is 0. The summed E-state index contributed by atoms with van der Waals surface area (Å²) in [6.07, 6.45) is 0. The first-order chi connectivity index (χ1) is 9.65. The van der Waals surface area contributed by atoms with Gasteiger partial charge in [0, 0.05) is 34.5 Å². The standard InChI is InChI=1S/C16H12BrNO2/c1-2-18-12-8-7-11-13(14(12)17)16(20)10-6-4-3-5-9(10)15(11)19/h3-8,18H,2H2,1H3. The maximum atomic E-state index is 12.6. The Balaban J connectivity index is 2.26. The van der Waals surface area contributed by atoms with Crippen LogP contribution in [0.1, 0.15) is 38.8 Å². The highest BCUT2D eigenvalue weighted by atomic mass is 79.9. The molecule has 0 saturated carbocycles. The molecule has 0 radical (unpaired) electrons. The molecule has 3 nitrogen and oxygen atoms in total. The Kier molecular flexibility index (Phi) is 3.18. The molecule has 1 aliphatic rings. The van der Waals surface area contributed by atoms with E-state index >= 15 is 0 Å². The summed E-state index contributed by atoms with van der Waals surface area (Å²) in [6, 6.07) is 10.5. The molecule has 0 amide bonds. The van der Waals surface area contributed by atoms with Crippen molar-refractivity contribution in [3.05, 3.63) is 63.1 Å². The van der Waals surface area contributed by atoms with Gasteiger partial charge in [-0.25, -0.2) is 0 Å². The summed E-state index contributed by atoms with van der Waals surface area (Å²) in [5.74, 6) is -0.208. The van der Waals surface area contributed by atoms with E-state index in [0.29, 0.717) is 26.7 Å². The van der Waals surface area contributed by atoms with Crippen molar-refractivity contribution >= 4 is 33.2 Å². The molecule has 0 heterocycles. The van der Waals surface area contributed by atoms with Crippen LogP contribution in [0.3, 0.4) is 0 Å². The third-order valence-electron chi connectivity index (χ3n) is 3.40. The third-order valence-corrected chi connectivity index (χ3v) is 4.22. The molecule has 0 spiro atoms. The van der Waals surface area contributed by atoms with E-state index in [4.69, 9.17) is 0 Å². The first-order valence-electron chi connectivity index (χ1n) is 6.40. The number of ketones is 2. The van der Waals surface area contributed by atoms with E-state index in [9.17, 15) is 9.59 Å². The highest BCUT2D eigenvalue weighted by Gasteiger charge is 2.31. The lowest BCUT2D eigenvalue weighted by Gasteiger charge is -2.20. The van der Waals surface area contributed by atoms with E-state index in [2.05, 4.69) is 21.2 Å². The number of carbonyl (C=O) groups excluding carboxylic acids is 2. The number of nitrogens with one attached hydrogen (secondary N) is 1. The van der Waals surface area contributed by atoms with Crippen LogP contribution in [-0.2, 0) is 0 Å². The molecule has 4 heteroatoms. The van der Waals surface area contributed by atoms with Crippen LogP contribution in [0.4, 0.5) is 5.69 Å². The van der Waals surface area contributed by atoms with Crippen LogP contribution in [-0.4, -0.2) is 18.1 Å². The van der Waals surface area contributed by atoms with Gasteiger partial charge in [-0.15, -0.1) is 0 Å². The van der Waals surface area contributed by atoms with E-state index < -0.39 is 0 Å². The van der Waals surface area contributed by atoms with Gasteiger partial charge in [0.1, 0.15) is 0 Å². The molecule has 0 saturated heterocycles. The zero-order chi connectivity index (χ0) is 14.3. The second-order valence-corrected chi connectivity index (χ2v) is 5.38. The van der Waals surface area contributed by atoms with Gasteiger partial charge in [0.05, 0.1) is 4.47 Å². The molecule has 0 fully saturated rings. The molecule has 0 unspecified atom stereocenters. The molecule has 100 valence electrons. The molecule has 0 atom stereocenters. The average Bonchev–Trinajstić information content (AvgIpc) is 2.47. The molecule has 0 aromatic heterocycles. The summed E-state index contributed by atoms with van der Waals surface area (Å²) in [5, 5.41) is 3.17. The Labute approximate surface area is 125 Å². The SMILES string of the molecule is CCNc1ccc2c(c1Br)C(=O)c1ccccc1C2=O. The Bertz CT molecular complexity index is 737. The van der Waals surface area contributed by atoms with Gasteiger partial charge in [-0.1, -0.05) is 24.3 Å². The molecule has 0 bridgehead atoms. The topological polar surface area (TPSA) is 46.2 Å². The van der Waals surface area contributed by atoms with Crippen LogP contribution in [0.2, 0.25) is 0 Å². The van der Waals surface area contributed by atoms with E-state index in [1.165, 1.54) is 0 Å². The number of rotatable bonds is 2. The van der Waals surface area contributed by atoms with Gasteiger partial charge < -0.3 is 5.32 Å². The van der Waals surface area contributed by atoms with Crippen molar-refractivity contribution < 1.29 is 9.59 Å². The molecule has 3 rings (SSSR count). The Morgan fingerprint density at radius 2 is 1.60 bits per heavy atom. The van der Waals surface area contributed by atoms with Crippen molar-refractivity contribution in [1.82, 2.24) is 0 Å². The normalized spacial score (nSPS) is 12.9. The van der Waals surface area contributed by atoms with Gasteiger partial charge in [0.25, 0.3) is 0 Å². The monoisotopic (exact) mass is 329 g/mol. The van der Waals surface area contributed by atoms with Crippen molar-refractivity contribution in [2.75, 3.05) is 11.9 Å². The van der Waals surface area contributed by atoms with Gasteiger partial charge in [0.2, 0.25) is 0 Å². The number of hydrogen-bond acceptors (Lipinski definition) is 3. The first kappa shape index (κ1) is 13.1. The molecule has 0 aliphatic heterocycles. The predicted octanol–water partition coefficient (Wildman–Crippen LogP) is 3.66. The van der Waals surface area contributed by atoms with Gasteiger partial charge in [-0.2, -0.15) is 0 Å². The van der Waals surface area contributed by atoms with Gasteiger partial charge >= 0.3 is 0 Å². The fourth-order valence-electron chi connectivity index (χ4n) is 2.47.